The number of aryl methyl sites for hydroxylation is 2. The van der Waals surface area contributed by atoms with Gasteiger partial charge in [-0.25, -0.2) is 9.18 Å². The quantitative estimate of drug-likeness (QED) is 0.658. The van der Waals surface area contributed by atoms with E-state index in [0.717, 1.165) is 29.4 Å². The average molecular weight is 402 g/mol. The lowest BCUT2D eigenvalue weighted by Gasteiger charge is -2.13. The summed E-state index contributed by atoms with van der Waals surface area (Å²) in [5.74, 6) is -0.465. The summed E-state index contributed by atoms with van der Waals surface area (Å²) in [6.45, 7) is 1.61. The van der Waals surface area contributed by atoms with Crippen LogP contribution in [0.1, 0.15) is 23.1 Å². The lowest BCUT2D eigenvalue weighted by atomic mass is 10.0. The predicted molar refractivity (Wildman–Crippen MR) is 105 cm³/mol. The number of carbonyl (C=O) groups excluding carboxylic acids is 1. The molecule has 0 radical (unpaired) electrons. The van der Waals surface area contributed by atoms with Crippen molar-refractivity contribution in [3.05, 3.63) is 68.3 Å². The normalized spacial score (nSPS) is 12.8. The van der Waals surface area contributed by atoms with E-state index >= 15 is 0 Å². The summed E-state index contributed by atoms with van der Waals surface area (Å²) in [7, 11) is 0. The highest BCUT2D eigenvalue weighted by Gasteiger charge is 2.22. The molecule has 1 aliphatic rings. The van der Waals surface area contributed by atoms with Crippen LogP contribution in [0.15, 0.2) is 39.5 Å². The van der Waals surface area contributed by atoms with Crippen molar-refractivity contribution in [3.63, 3.8) is 0 Å². The van der Waals surface area contributed by atoms with Crippen LogP contribution >= 0.6 is 11.6 Å². The number of fused-ring (bicyclic) bond motifs is 3. The molecule has 4 rings (SSSR count). The summed E-state index contributed by atoms with van der Waals surface area (Å²) in [5.41, 5.74) is 3.02. The molecule has 2 aromatic carbocycles. The van der Waals surface area contributed by atoms with Crippen molar-refractivity contribution in [2.24, 2.45) is 0 Å². The molecular weight excluding hydrogens is 385 g/mol. The van der Waals surface area contributed by atoms with E-state index in [1.54, 1.807) is 6.07 Å². The minimum atomic E-state index is -0.558. The molecule has 0 aliphatic heterocycles. The molecule has 1 heterocycles. The van der Waals surface area contributed by atoms with Crippen LogP contribution in [-0.2, 0) is 17.6 Å². The Hall–Kier alpha value is -2.86. The number of ether oxygens (including phenoxy) is 1. The topological polar surface area (TPSA) is 68.5 Å². The Morgan fingerprint density at radius 1 is 1.25 bits per heavy atom. The smallest absolute Gasteiger partial charge is 0.339 e. The van der Waals surface area contributed by atoms with Crippen LogP contribution < -0.4 is 15.7 Å². The highest BCUT2D eigenvalue weighted by atomic mass is 35.5. The first kappa shape index (κ1) is 18.5. The average Bonchev–Trinajstić information content (AvgIpc) is 3.13. The number of anilines is 1. The van der Waals surface area contributed by atoms with E-state index in [0.29, 0.717) is 29.0 Å². The van der Waals surface area contributed by atoms with Crippen LogP contribution in [0.2, 0.25) is 5.02 Å². The van der Waals surface area contributed by atoms with Crippen LogP contribution in [0.5, 0.6) is 5.75 Å². The maximum Gasteiger partial charge on any atom is 0.339 e. The summed E-state index contributed by atoms with van der Waals surface area (Å²) in [5, 5.41) is 3.29. The Bertz CT molecular complexity index is 1160. The van der Waals surface area contributed by atoms with Crippen LogP contribution in [0.25, 0.3) is 11.0 Å². The number of rotatable bonds is 4. The highest BCUT2D eigenvalue weighted by Crippen LogP contribution is 2.35. The van der Waals surface area contributed by atoms with Crippen LogP contribution in [-0.4, -0.2) is 12.5 Å². The first-order chi connectivity index (χ1) is 13.4. The summed E-state index contributed by atoms with van der Waals surface area (Å²) in [4.78, 5) is 24.4. The number of amides is 1. The number of benzene rings is 2. The predicted octanol–water partition coefficient (Wildman–Crippen LogP) is 4.40. The number of carbonyl (C=O) groups is 1. The van der Waals surface area contributed by atoms with E-state index < -0.39 is 11.7 Å². The van der Waals surface area contributed by atoms with Crippen molar-refractivity contribution < 1.29 is 18.3 Å². The minimum Gasteiger partial charge on any atom is -0.483 e. The highest BCUT2D eigenvalue weighted by molar-refractivity contribution is 6.31. The zero-order valence-electron chi connectivity index (χ0n) is 15.1. The van der Waals surface area contributed by atoms with Crippen molar-refractivity contribution in [1.29, 1.82) is 0 Å². The van der Waals surface area contributed by atoms with Gasteiger partial charge in [0.15, 0.2) is 6.61 Å². The van der Waals surface area contributed by atoms with E-state index in [9.17, 15) is 14.0 Å². The van der Waals surface area contributed by atoms with Gasteiger partial charge in [-0.3, -0.25) is 4.79 Å². The Morgan fingerprint density at radius 2 is 2.04 bits per heavy atom. The van der Waals surface area contributed by atoms with Crippen LogP contribution in [0.4, 0.5) is 10.1 Å². The van der Waals surface area contributed by atoms with Gasteiger partial charge in [-0.15, -0.1) is 0 Å². The summed E-state index contributed by atoms with van der Waals surface area (Å²) >= 11 is 5.73. The van der Waals surface area contributed by atoms with Crippen molar-refractivity contribution in [2.45, 2.75) is 26.2 Å². The second kappa shape index (κ2) is 7.28. The molecule has 0 spiro atoms. The van der Waals surface area contributed by atoms with E-state index in [1.165, 1.54) is 18.2 Å². The second-order valence-corrected chi connectivity index (χ2v) is 7.21. The lowest BCUT2D eigenvalue weighted by Crippen LogP contribution is -2.20. The number of hydrogen-bond donors (Lipinski definition) is 1. The van der Waals surface area contributed by atoms with Crippen molar-refractivity contribution in [1.82, 2.24) is 0 Å². The molecule has 3 aromatic rings. The fraction of sp³-hybridized carbons (Fsp3) is 0.238. The van der Waals surface area contributed by atoms with Gasteiger partial charge in [0.2, 0.25) is 0 Å². The zero-order valence-corrected chi connectivity index (χ0v) is 15.9. The summed E-state index contributed by atoms with van der Waals surface area (Å²) in [6.07, 6.45) is 2.35. The molecule has 0 unspecified atom stereocenters. The maximum atomic E-state index is 13.2. The summed E-state index contributed by atoms with van der Waals surface area (Å²) < 4.78 is 24.5. The molecule has 7 heteroatoms. The Balaban J connectivity index is 1.59. The molecule has 144 valence electrons. The van der Waals surface area contributed by atoms with E-state index in [4.69, 9.17) is 20.8 Å². The fourth-order valence-electron chi connectivity index (χ4n) is 3.53. The lowest BCUT2D eigenvalue weighted by molar-refractivity contribution is -0.118. The SMILES string of the molecule is Cc1cc(OCC(=O)Nc2ccc(F)c(Cl)c2)c2c3c(c(=O)oc2c1)CCC3. The second-order valence-electron chi connectivity index (χ2n) is 6.80. The van der Waals surface area contributed by atoms with Gasteiger partial charge in [0.25, 0.3) is 5.91 Å². The number of hydrogen-bond acceptors (Lipinski definition) is 4. The number of nitrogens with one attached hydrogen (secondary N) is 1. The monoisotopic (exact) mass is 401 g/mol. The fourth-order valence-corrected chi connectivity index (χ4v) is 3.71. The number of halogens is 2. The Morgan fingerprint density at radius 3 is 2.82 bits per heavy atom. The van der Waals surface area contributed by atoms with Crippen molar-refractivity contribution in [3.8, 4) is 5.75 Å². The molecule has 0 saturated carbocycles. The molecule has 1 aromatic heterocycles. The molecule has 28 heavy (non-hydrogen) atoms. The van der Waals surface area contributed by atoms with Gasteiger partial charge in [-0.05, 0) is 67.6 Å². The standard InChI is InChI=1S/C21H17ClFNO4/c1-11-7-17(20-13-3-2-4-14(13)21(26)28-18(20)8-11)27-10-19(25)24-12-5-6-16(23)15(22)9-12/h5-9H,2-4,10H2,1H3,(H,24,25). The maximum absolute atomic E-state index is 13.2. The van der Waals surface area contributed by atoms with Gasteiger partial charge in [0.1, 0.15) is 17.1 Å². The largest absolute Gasteiger partial charge is 0.483 e. The molecule has 1 N–H and O–H groups in total. The van der Waals surface area contributed by atoms with Gasteiger partial charge >= 0.3 is 5.63 Å². The zero-order chi connectivity index (χ0) is 19.8. The minimum absolute atomic E-state index is 0.0750. The van der Waals surface area contributed by atoms with Gasteiger partial charge in [0.05, 0.1) is 10.4 Å². The van der Waals surface area contributed by atoms with E-state index in [-0.39, 0.29) is 17.3 Å². The molecule has 5 nitrogen and oxygen atoms in total. The van der Waals surface area contributed by atoms with E-state index in [2.05, 4.69) is 5.32 Å². The molecular formula is C21H17ClFNO4. The Kier molecular flexibility index (Phi) is 4.81. The van der Waals surface area contributed by atoms with Gasteiger partial charge in [0, 0.05) is 11.3 Å². The Labute approximate surface area is 165 Å². The van der Waals surface area contributed by atoms with Gasteiger partial charge in [-0.1, -0.05) is 11.6 Å². The van der Waals surface area contributed by atoms with Crippen LogP contribution in [0.3, 0.4) is 0 Å². The first-order valence-corrected chi connectivity index (χ1v) is 9.27. The first-order valence-electron chi connectivity index (χ1n) is 8.89. The van der Waals surface area contributed by atoms with Crippen molar-refractivity contribution >= 4 is 34.2 Å². The van der Waals surface area contributed by atoms with Gasteiger partial charge in [-0.2, -0.15) is 0 Å². The molecule has 0 fully saturated rings. The molecule has 0 atom stereocenters. The van der Waals surface area contributed by atoms with Gasteiger partial charge < -0.3 is 14.5 Å². The molecule has 0 bridgehead atoms. The van der Waals surface area contributed by atoms with Crippen molar-refractivity contribution in [2.75, 3.05) is 11.9 Å². The van der Waals surface area contributed by atoms with Crippen LogP contribution in [0, 0.1) is 12.7 Å². The summed E-state index contributed by atoms with van der Waals surface area (Å²) in [6, 6.07) is 7.55. The third-order valence-corrected chi connectivity index (χ3v) is 5.03. The molecule has 0 saturated heterocycles. The third kappa shape index (κ3) is 3.47. The molecule has 1 aliphatic carbocycles. The third-order valence-electron chi connectivity index (χ3n) is 4.74. The van der Waals surface area contributed by atoms with E-state index in [1.807, 2.05) is 13.0 Å². The molecule has 1 amide bonds.